The number of nitrogens with one attached hydrogen (secondary N) is 1. The van der Waals surface area contributed by atoms with E-state index < -0.39 is 11.6 Å². The highest BCUT2D eigenvalue weighted by molar-refractivity contribution is 6.04. The monoisotopic (exact) mass is 290 g/mol. The number of guanidine groups is 1. The number of carbonyl (C=O) groups excluding carboxylic acids is 1. The van der Waals surface area contributed by atoms with Gasteiger partial charge in [-0.3, -0.25) is 15.0 Å². The summed E-state index contributed by atoms with van der Waals surface area (Å²) in [7, 11) is 0. The third kappa shape index (κ3) is 2.96. The molecule has 1 heterocycles. The van der Waals surface area contributed by atoms with Crippen LogP contribution in [0.5, 0.6) is 0 Å². The molecule has 7 nitrogen and oxygen atoms in total. The molecule has 1 aliphatic heterocycles. The zero-order valence-electron chi connectivity index (χ0n) is 12.0. The van der Waals surface area contributed by atoms with E-state index in [2.05, 4.69) is 10.3 Å². The smallest absolute Gasteiger partial charge is 0.411 e. The minimum Gasteiger partial charge on any atom is -0.465 e. The van der Waals surface area contributed by atoms with Crippen LogP contribution in [-0.2, 0) is 10.3 Å². The van der Waals surface area contributed by atoms with Crippen LogP contribution in [0.25, 0.3) is 0 Å². The zero-order valence-corrected chi connectivity index (χ0v) is 12.0. The first-order chi connectivity index (χ1) is 9.85. The third-order valence-corrected chi connectivity index (χ3v) is 3.45. The molecule has 2 rings (SSSR count). The molecule has 1 aromatic carbocycles. The molecule has 21 heavy (non-hydrogen) atoms. The second-order valence-electron chi connectivity index (χ2n) is 5.08. The topological polar surface area (TPSA) is 108 Å². The Hall–Kier alpha value is -2.57. The lowest BCUT2D eigenvalue weighted by Crippen LogP contribution is -2.52. The van der Waals surface area contributed by atoms with Crippen LogP contribution in [0.1, 0.15) is 25.8 Å². The van der Waals surface area contributed by atoms with Crippen LogP contribution in [0.15, 0.2) is 29.3 Å². The lowest BCUT2D eigenvalue weighted by atomic mass is 9.87. The summed E-state index contributed by atoms with van der Waals surface area (Å²) < 4.78 is 0. The maximum Gasteiger partial charge on any atom is 0.411 e. The molecule has 4 N–H and O–H groups in total. The second kappa shape index (κ2) is 5.43. The Balaban J connectivity index is 2.48. The standard InChI is InChI=1S/C14H18N4O3/c1-3-18-11(19)8-14(2,17-12(18)16-13(20)21)9-5-4-6-10(15)7-9/h4-7H,3,8,15H2,1-2H3,(H,16,17)(H,20,21)/t14-/m0/s1. The van der Waals surface area contributed by atoms with Crippen molar-refractivity contribution in [3.8, 4) is 0 Å². The van der Waals surface area contributed by atoms with E-state index in [1.54, 1.807) is 32.0 Å². The Morgan fingerprint density at radius 3 is 2.86 bits per heavy atom. The van der Waals surface area contributed by atoms with E-state index in [9.17, 15) is 9.59 Å². The second-order valence-corrected chi connectivity index (χ2v) is 5.08. The molecule has 0 fully saturated rings. The highest BCUT2D eigenvalue weighted by atomic mass is 16.4. The number of amides is 2. The minimum atomic E-state index is -1.25. The fraction of sp³-hybridized carbons (Fsp3) is 0.357. The number of hydrogen-bond acceptors (Lipinski definition) is 4. The van der Waals surface area contributed by atoms with Crippen LogP contribution in [0, 0.1) is 0 Å². The van der Waals surface area contributed by atoms with E-state index >= 15 is 0 Å². The lowest BCUT2D eigenvalue weighted by molar-refractivity contribution is -0.129. The maximum absolute atomic E-state index is 12.3. The Bertz CT molecular complexity index is 614. The minimum absolute atomic E-state index is 0.0474. The molecule has 2 amide bonds. The van der Waals surface area contributed by atoms with Gasteiger partial charge >= 0.3 is 6.09 Å². The normalized spacial score (nSPS) is 21.9. The molecular weight excluding hydrogens is 272 g/mol. The molecule has 0 saturated heterocycles. The Morgan fingerprint density at radius 1 is 1.57 bits per heavy atom. The average molecular weight is 290 g/mol. The summed E-state index contributed by atoms with van der Waals surface area (Å²) in [6.07, 6.45) is -1.09. The Morgan fingerprint density at radius 2 is 2.29 bits per heavy atom. The van der Waals surface area contributed by atoms with Crippen molar-refractivity contribution >= 4 is 23.6 Å². The van der Waals surface area contributed by atoms with Crippen LogP contribution < -0.4 is 11.1 Å². The van der Waals surface area contributed by atoms with Crippen molar-refractivity contribution in [3.63, 3.8) is 0 Å². The van der Waals surface area contributed by atoms with Crippen molar-refractivity contribution in [1.29, 1.82) is 0 Å². The quantitative estimate of drug-likeness (QED) is 0.714. The van der Waals surface area contributed by atoms with Gasteiger partial charge in [0.25, 0.3) is 0 Å². The van der Waals surface area contributed by atoms with Crippen molar-refractivity contribution in [2.45, 2.75) is 25.8 Å². The molecule has 0 unspecified atom stereocenters. The number of nitrogens with two attached hydrogens (primary N) is 1. The van der Waals surface area contributed by atoms with Gasteiger partial charge in [0.15, 0.2) is 0 Å². The molecule has 0 saturated carbocycles. The number of rotatable bonds is 2. The van der Waals surface area contributed by atoms with E-state index in [-0.39, 0.29) is 18.3 Å². The number of nitrogen functional groups attached to an aromatic ring is 1. The fourth-order valence-electron chi connectivity index (χ4n) is 2.40. The van der Waals surface area contributed by atoms with Crippen molar-refractivity contribution in [3.05, 3.63) is 29.8 Å². The van der Waals surface area contributed by atoms with Gasteiger partial charge in [-0.25, -0.2) is 9.79 Å². The summed E-state index contributed by atoms with van der Waals surface area (Å²) in [5.41, 5.74) is 6.28. The summed E-state index contributed by atoms with van der Waals surface area (Å²) in [5, 5.41) is 11.1. The number of nitrogens with zero attached hydrogens (tertiary/aromatic N) is 2. The molecule has 1 atom stereocenters. The average Bonchev–Trinajstić information content (AvgIpc) is 2.37. The molecule has 0 aliphatic carbocycles. The van der Waals surface area contributed by atoms with Crippen molar-refractivity contribution in [2.24, 2.45) is 4.99 Å². The van der Waals surface area contributed by atoms with Gasteiger partial charge in [0.1, 0.15) is 0 Å². The molecule has 112 valence electrons. The largest absolute Gasteiger partial charge is 0.465 e. The van der Waals surface area contributed by atoms with Crippen LogP contribution in [-0.4, -0.2) is 34.5 Å². The van der Waals surface area contributed by atoms with E-state index in [1.807, 2.05) is 6.07 Å². The maximum atomic E-state index is 12.3. The summed E-state index contributed by atoms with van der Waals surface area (Å²) in [5.74, 6) is -0.132. The first-order valence-electron chi connectivity index (χ1n) is 6.62. The lowest BCUT2D eigenvalue weighted by Gasteiger charge is -2.36. The summed E-state index contributed by atoms with van der Waals surface area (Å²) in [6.45, 7) is 3.90. The molecule has 0 spiro atoms. The highest BCUT2D eigenvalue weighted by Gasteiger charge is 2.38. The van der Waals surface area contributed by atoms with Gasteiger partial charge in [-0.2, -0.15) is 0 Å². The summed E-state index contributed by atoms with van der Waals surface area (Å²) >= 11 is 0. The van der Waals surface area contributed by atoms with Gasteiger partial charge in [-0.15, -0.1) is 0 Å². The van der Waals surface area contributed by atoms with Gasteiger partial charge in [0.2, 0.25) is 11.9 Å². The van der Waals surface area contributed by atoms with Gasteiger partial charge in [-0.05, 0) is 31.5 Å². The van der Waals surface area contributed by atoms with Crippen molar-refractivity contribution in [1.82, 2.24) is 10.2 Å². The number of benzene rings is 1. The van der Waals surface area contributed by atoms with Gasteiger partial charge in [0, 0.05) is 12.2 Å². The number of aliphatic imine (C=N–C) groups is 1. The molecule has 0 bridgehead atoms. The van der Waals surface area contributed by atoms with Crippen LogP contribution in [0.4, 0.5) is 10.5 Å². The van der Waals surface area contributed by atoms with Gasteiger partial charge in [0.05, 0.1) is 12.0 Å². The van der Waals surface area contributed by atoms with E-state index in [0.717, 1.165) is 5.56 Å². The molecule has 1 aromatic rings. The van der Waals surface area contributed by atoms with Crippen molar-refractivity contribution < 1.29 is 14.7 Å². The first kappa shape index (κ1) is 14.8. The van der Waals surface area contributed by atoms with Gasteiger partial charge in [-0.1, -0.05) is 12.1 Å². The number of hydrogen-bond donors (Lipinski definition) is 3. The highest BCUT2D eigenvalue weighted by Crippen LogP contribution is 2.34. The Kier molecular flexibility index (Phi) is 3.84. The van der Waals surface area contributed by atoms with E-state index in [0.29, 0.717) is 12.2 Å². The van der Waals surface area contributed by atoms with Crippen LogP contribution in [0.2, 0.25) is 0 Å². The predicted molar refractivity (Wildman–Crippen MR) is 78.8 cm³/mol. The van der Waals surface area contributed by atoms with Crippen LogP contribution >= 0.6 is 0 Å². The third-order valence-electron chi connectivity index (χ3n) is 3.45. The van der Waals surface area contributed by atoms with Gasteiger partial charge < -0.3 is 10.8 Å². The molecule has 7 heteroatoms. The molecule has 1 aliphatic rings. The van der Waals surface area contributed by atoms with Crippen molar-refractivity contribution in [2.75, 3.05) is 12.3 Å². The fourth-order valence-corrected chi connectivity index (χ4v) is 2.40. The first-order valence-corrected chi connectivity index (χ1v) is 6.62. The SMILES string of the molecule is CCN1C(=O)C[C@@](C)(c2cccc(N)c2)N=C1NC(=O)O. The number of anilines is 1. The van der Waals surface area contributed by atoms with Crippen LogP contribution in [0.3, 0.4) is 0 Å². The zero-order chi connectivity index (χ0) is 15.6. The molecule has 0 radical (unpaired) electrons. The summed E-state index contributed by atoms with van der Waals surface area (Å²) in [4.78, 5) is 28.9. The van der Waals surface area contributed by atoms with E-state index in [4.69, 9.17) is 10.8 Å². The Labute approximate surface area is 122 Å². The molecular formula is C14H18N4O3. The molecule has 0 aromatic heterocycles. The number of carboxylic acid groups (broad SMARTS) is 1. The summed E-state index contributed by atoms with van der Waals surface area (Å²) in [6, 6.07) is 7.10. The number of carbonyl (C=O) groups is 2. The predicted octanol–water partition coefficient (Wildman–Crippen LogP) is 1.36. The van der Waals surface area contributed by atoms with E-state index in [1.165, 1.54) is 4.90 Å².